The van der Waals surface area contributed by atoms with Gasteiger partial charge < -0.3 is 25.3 Å². The van der Waals surface area contributed by atoms with Crippen molar-refractivity contribution in [2.75, 3.05) is 13.7 Å². The van der Waals surface area contributed by atoms with Gasteiger partial charge >= 0.3 is 12.2 Å². The summed E-state index contributed by atoms with van der Waals surface area (Å²) < 4.78 is 16.0. The number of alkyl carbamates (subject to hydrolysis) is 1. The number of primary amides is 1. The molecule has 0 aliphatic heterocycles. The Labute approximate surface area is 212 Å². The van der Waals surface area contributed by atoms with Crippen LogP contribution in [0.3, 0.4) is 0 Å². The molecule has 2 rings (SSSR count). The van der Waals surface area contributed by atoms with Crippen LogP contribution in [0.25, 0.3) is 0 Å². The second kappa shape index (κ2) is 13.4. The monoisotopic (exact) mass is 499 g/mol. The molecule has 0 unspecified atom stereocenters. The third kappa shape index (κ3) is 9.13. The summed E-state index contributed by atoms with van der Waals surface area (Å²) in [5, 5.41) is 2.67. The average molecular weight is 500 g/mol. The maximum absolute atomic E-state index is 13.2. The molecule has 2 atom stereocenters. The number of methoxy groups -OCH3 is 1. The highest BCUT2D eigenvalue weighted by molar-refractivity contribution is 5.84. The summed E-state index contributed by atoms with van der Waals surface area (Å²) in [7, 11) is 1.57. The predicted molar refractivity (Wildman–Crippen MR) is 136 cm³/mol. The molecule has 0 aliphatic carbocycles. The zero-order valence-corrected chi connectivity index (χ0v) is 21.7. The molecule has 0 heterocycles. The van der Waals surface area contributed by atoms with Crippen molar-refractivity contribution in [2.24, 2.45) is 5.73 Å². The van der Waals surface area contributed by atoms with Gasteiger partial charge in [0, 0.05) is 6.54 Å². The first-order valence-corrected chi connectivity index (χ1v) is 11.9. The van der Waals surface area contributed by atoms with Crippen molar-refractivity contribution >= 4 is 18.1 Å². The lowest BCUT2D eigenvalue weighted by Crippen LogP contribution is -2.50. The Morgan fingerprint density at radius 3 is 2.22 bits per heavy atom. The summed E-state index contributed by atoms with van der Waals surface area (Å²) in [6.45, 7) is 7.47. The van der Waals surface area contributed by atoms with E-state index in [-0.39, 0.29) is 19.6 Å². The Morgan fingerprint density at radius 2 is 1.67 bits per heavy atom. The van der Waals surface area contributed by atoms with Crippen molar-refractivity contribution in [1.29, 1.82) is 0 Å². The van der Waals surface area contributed by atoms with Crippen molar-refractivity contribution in [2.45, 2.75) is 64.8 Å². The van der Waals surface area contributed by atoms with Crippen LogP contribution in [0, 0.1) is 0 Å². The predicted octanol–water partition coefficient (Wildman–Crippen LogP) is 4.55. The molecule has 196 valence electrons. The van der Waals surface area contributed by atoms with E-state index in [9.17, 15) is 14.4 Å². The number of benzene rings is 2. The minimum Gasteiger partial charge on any atom is -0.497 e. The van der Waals surface area contributed by atoms with Crippen molar-refractivity contribution in [1.82, 2.24) is 10.2 Å². The molecule has 9 heteroatoms. The maximum Gasteiger partial charge on any atom is 0.411 e. The minimum absolute atomic E-state index is 0.155. The molecule has 0 spiro atoms. The number of rotatable bonds is 11. The van der Waals surface area contributed by atoms with Crippen LogP contribution >= 0.6 is 0 Å². The van der Waals surface area contributed by atoms with Crippen molar-refractivity contribution in [3.05, 3.63) is 65.7 Å². The summed E-state index contributed by atoms with van der Waals surface area (Å²) in [6.07, 6.45) is -0.591. The number of nitrogens with one attached hydrogen (secondary N) is 1. The normalized spacial score (nSPS) is 12.7. The first-order chi connectivity index (χ1) is 17.0. The van der Waals surface area contributed by atoms with Crippen LogP contribution < -0.4 is 15.8 Å². The molecule has 0 aliphatic rings. The fraction of sp³-hybridized carbons (Fsp3) is 0.444. The molecule has 0 saturated heterocycles. The van der Waals surface area contributed by atoms with Crippen LogP contribution in [-0.2, 0) is 20.9 Å². The third-order valence-electron chi connectivity index (χ3n) is 5.42. The van der Waals surface area contributed by atoms with Gasteiger partial charge in [-0.05, 0) is 63.8 Å². The fourth-order valence-corrected chi connectivity index (χ4v) is 3.59. The molecule has 3 amide bonds. The highest BCUT2D eigenvalue weighted by atomic mass is 16.6. The molecule has 2 aromatic rings. The Kier molecular flexibility index (Phi) is 10.6. The van der Waals surface area contributed by atoms with E-state index in [1.54, 1.807) is 46.9 Å². The van der Waals surface area contributed by atoms with Gasteiger partial charge in [-0.1, -0.05) is 42.5 Å². The number of carbonyl (C=O) groups is 3. The smallest absolute Gasteiger partial charge is 0.411 e. The summed E-state index contributed by atoms with van der Waals surface area (Å²) in [5.41, 5.74) is 6.64. The quantitative estimate of drug-likeness (QED) is 0.438. The van der Waals surface area contributed by atoms with Gasteiger partial charge in [0.25, 0.3) is 0 Å². The first kappa shape index (κ1) is 28.5. The lowest BCUT2D eigenvalue weighted by atomic mass is 10.0. The van der Waals surface area contributed by atoms with E-state index in [0.29, 0.717) is 12.2 Å². The second-order valence-electron chi connectivity index (χ2n) is 9.39. The molecule has 0 saturated carbocycles. The Bertz CT molecular complexity index is 989. The van der Waals surface area contributed by atoms with Crippen LogP contribution in [0.2, 0.25) is 0 Å². The molecular formula is C27H37N3O6. The number of amides is 3. The zero-order valence-electron chi connectivity index (χ0n) is 21.7. The summed E-state index contributed by atoms with van der Waals surface area (Å²) >= 11 is 0. The first-order valence-electron chi connectivity index (χ1n) is 11.9. The summed E-state index contributed by atoms with van der Waals surface area (Å²) in [5.74, 6) is 0.0133. The minimum atomic E-state index is -0.945. The van der Waals surface area contributed by atoms with Gasteiger partial charge in [0.2, 0.25) is 5.91 Å². The van der Waals surface area contributed by atoms with Crippen LogP contribution in [0.5, 0.6) is 5.75 Å². The molecule has 3 N–H and O–H groups in total. The molecule has 0 fully saturated rings. The Hall–Kier alpha value is -3.75. The van der Waals surface area contributed by atoms with Gasteiger partial charge in [-0.3, -0.25) is 9.69 Å². The largest absolute Gasteiger partial charge is 0.497 e. The number of nitrogens with zero attached hydrogens (tertiary/aromatic N) is 1. The SMILES string of the molecule is COc1ccc([C@@H](C)N(C(=O)OC(C)(C)C)[C@H](CCCNC(=O)OCc2ccccc2)C(N)=O)cc1. The topological polar surface area (TPSA) is 120 Å². The Balaban J connectivity index is 2.06. The highest BCUT2D eigenvalue weighted by Crippen LogP contribution is 2.28. The van der Waals surface area contributed by atoms with Gasteiger partial charge in [0.15, 0.2) is 0 Å². The van der Waals surface area contributed by atoms with Gasteiger partial charge in [-0.25, -0.2) is 9.59 Å². The maximum atomic E-state index is 13.2. The van der Waals surface area contributed by atoms with Gasteiger partial charge in [0.1, 0.15) is 24.0 Å². The molecule has 0 aromatic heterocycles. The molecule has 2 aromatic carbocycles. The summed E-state index contributed by atoms with van der Waals surface area (Å²) in [4.78, 5) is 39.0. The van der Waals surface area contributed by atoms with Gasteiger partial charge in [-0.15, -0.1) is 0 Å². The van der Waals surface area contributed by atoms with E-state index in [1.807, 2.05) is 42.5 Å². The fourth-order valence-electron chi connectivity index (χ4n) is 3.59. The second-order valence-corrected chi connectivity index (χ2v) is 9.39. The molecule has 0 radical (unpaired) electrons. The molecule has 36 heavy (non-hydrogen) atoms. The Morgan fingerprint density at radius 1 is 1.03 bits per heavy atom. The number of nitrogens with two attached hydrogens (primary N) is 1. The lowest BCUT2D eigenvalue weighted by Gasteiger charge is -2.36. The van der Waals surface area contributed by atoms with Crippen molar-refractivity contribution in [3.8, 4) is 5.75 Å². The van der Waals surface area contributed by atoms with Gasteiger partial charge in [-0.2, -0.15) is 0 Å². The highest BCUT2D eigenvalue weighted by Gasteiger charge is 2.35. The zero-order chi connectivity index (χ0) is 26.7. The van der Waals surface area contributed by atoms with Crippen LogP contribution in [0.15, 0.2) is 54.6 Å². The molecule has 9 nitrogen and oxygen atoms in total. The van der Waals surface area contributed by atoms with Crippen LogP contribution in [0.1, 0.15) is 57.7 Å². The lowest BCUT2D eigenvalue weighted by molar-refractivity contribution is -0.124. The third-order valence-corrected chi connectivity index (χ3v) is 5.42. The standard InChI is InChI=1S/C27H37N3O6/c1-19(21-13-15-22(34-5)16-14-21)30(26(33)36-27(2,3)4)23(24(28)31)12-9-17-29-25(32)35-18-20-10-7-6-8-11-20/h6-8,10-11,13-16,19,23H,9,12,17-18H2,1-5H3,(H2,28,31)(H,29,32)/t19-,23-/m1/s1. The van der Waals surface area contributed by atoms with Crippen LogP contribution in [0.4, 0.5) is 9.59 Å². The van der Waals surface area contributed by atoms with Crippen LogP contribution in [-0.4, -0.2) is 48.3 Å². The van der Waals surface area contributed by atoms with E-state index >= 15 is 0 Å². The number of hydrogen-bond acceptors (Lipinski definition) is 6. The van der Waals surface area contributed by atoms with E-state index in [4.69, 9.17) is 19.9 Å². The molecule has 0 bridgehead atoms. The number of carbonyl (C=O) groups excluding carboxylic acids is 3. The summed E-state index contributed by atoms with van der Waals surface area (Å²) in [6, 6.07) is 15.1. The van der Waals surface area contributed by atoms with E-state index < -0.39 is 35.8 Å². The van der Waals surface area contributed by atoms with E-state index in [0.717, 1.165) is 11.1 Å². The van der Waals surface area contributed by atoms with Crippen molar-refractivity contribution in [3.63, 3.8) is 0 Å². The molecular weight excluding hydrogens is 462 g/mol. The number of hydrogen-bond donors (Lipinski definition) is 2. The van der Waals surface area contributed by atoms with E-state index in [1.165, 1.54) is 4.90 Å². The van der Waals surface area contributed by atoms with Gasteiger partial charge in [0.05, 0.1) is 13.2 Å². The number of ether oxygens (including phenoxy) is 3. The average Bonchev–Trinajstić information content (AvgIpc) is 2.83. The van der Waals surface area contributed by atoms with E-state index in [2.05, 4.69) is 5.32 Å². The van der Waals surface area contributed by atoms with Crippen molar-refractivity contribution < 1.29 is 28.6 Å².